The predicted octanol–water partition coefficient (Wildman–Crippen LogP) is 20.4. The molecule has 0 aromatic heterocycles. The van der Waals surface area contributed by atoms with Gasteiger partial charge in [-0.3, -0.25) is 0 Å². The van der Waals surface area contributed by atoms with E-state index in [-0.39, 0.29) is 46.4 Å². The molecule has 0 amide bonds. The largest absolute Gasteiger partial charge is 0.311 e. The molecule has 6 bridgehead atoms. The van der Waals surface area contributed by atoms with Gasteiger partial charge in [-0.25, -0.2) is 0 Å². The third-order valence-electron chi connectivity index (χ3n) is 22.4. The van der Waals surface area contributed by atoms with Gasteiger partial charge in [-0.2, -0.15) is 0 Å². The van der Waals surface area contributed by atoms with Crippen molar-refractivity contribution >= 4 is 92.4 Å². The van der Waals surface area contributed by atoms with Crippen molar-refractivity contribution in [1.82, 2.24) is 0 Å². The van der Waals surface area contributed by atoms with Crippen LogP contribution in [0.5, 0.6) is 0 Å². The summed E-state index contributed by atoms with van der Waals surface area (Å²) >= 11 is 3.97. The fourth-order valence-corrected chi connectivity index (χ4v) is 19.4. The van der Waals surface area contributed by atoms with Gasteiger partial charge in [0.15, 0.2) is 0 Å². The van der Waals surface area contributed by atoms with E-state index in [1.54, 1.807) is 0 Å². The highest BCUT2D eigenvalue weighted by Crippen LogP contribution is 2.61. The molecule has 6 aliphatic heterocycles. The maximum atomic E-state index is 2.78. The Morgan fingerprint density at radius 2 is 0.875 bits per heavy atom. The number of fused-ring (bicyclic) bond motifs is 8. The van der Waals surface area contributed by atoms with E-state index in [4.69, 9.17) is 0 Å². The van der Waals surface area contributed by atoms with E-state index >= 15 is 0 Å². The zero-order valence-corrected chi connectivity index (χ0v) is 59.7. The highest BCUT2D eigenvalue weighted by molar-refractivity contribution is 8.00. The van der Waals surface area contributed by atoms with E-state index in [2.05, 4.69) is 345 Å². The lowest BCUT2D eigenvalue weighted by molar-refractivity contribution is 0.509. The molecule has 5 heteroatoms. The standard InChI is InChI=1S/C91H83B2NS2/c1-86(2,3)65-42-60(43-66(48-65)87(4,5)6)61-44-78-85-81(47-61)95-80-46-58(56-27-20-16-21-28-56)34-40-74(80)93(85)76-53-75-70-52-77(76)94(78)69-37-35-62(36-38-69)90(13,14)64-32-24-29-59(41-64)72-50-68(89(10,11)12)54-91(72,63-30-22-17-23-31-63)83(70)71-49-67(88(7,8)9)51-82-84(71)92(75)73-39-33-57(45-79(73)96-82)55-25-18-15-19-26-55/h15-54,83H,1-14H3. The van der Waals surface area contributed by atoms with Crippen LogP contribution in [0.3, 0.4) is 0 Å². The van der Waals surface area contributed by atoms with Crippen LogP contribution in [0.15, 0.2) is 268 Å². The number of allylic oxidation sites excluding steroid dienone is 4. The van der Waals surface area contributed by atoms with Crippen molar-refractivity contribution in [1.29, 1.82) is 0 Å². The summed E-state index contributed by atoms with van der Waals surface area (Å²) < 4.78 is 0. The SMILES string of the molecule is CC(C)(C)C1=CC2(c3ccccc3)C(=C1)c1cccc(c1)C(C)(C)c1ccc(cc1)N1c3cc4c(cc3B3c5ccc(-c6ccccc6)cc5Sc5cc(-c6cc(C(C)(C)C)cc(C(C)(C)C)c6)cc1c53)B1c3ccc(-c5ccccc5)cc3Sc3cc(C(C)(C)C)cc(c31)C42. The number of nitrogens with zero attached hydrogens (tertiary/aromatic N) is 1. The first-order valence-electron chi connectivity index (χ1n) is 34.8. The van der Waals surface area contributed by atoms with Gasteiger partial charge in [-0.05, 0) is 176 Å². The maximum absolute atomic E-state index is 2.78. The molecule has 1 aliphatic carbocycles. The molecule has 2 atom stereocenters. The number of hydrogen-bond acceptors (Lipinski definition) is 3. The Labute approximate surface area is 579 Å². The molecule has 0 spiro atoms. The minimum absolute atomic E-state index is 0.0541. The van der Waals surface area contributed by atoms with Crippen molar-refractivity contribution < 1.29 is 0 Å². The van der Waals surface area contributed by atoms with Crippen LogP contribution in [-0.2, 0) is 27.1 Å². The molecule has 96 heavy (non-hydrogen) atoms. The Bertz CT molecular complexity index is 5090. The van der Waals surface area contributed by atoms with Gasteiger partial charge >= 0.3 is 0 Å². The van der Waals surface area contributed by atoms with Crippen molar-refractivity contribution in [3.63, 3.8) is 0 Å². The zero-order chi connectivity index (χ0) is 66.3. The Hall–Kier alpha value is -8.47. The molecular weight excluding hydrogens is 1190 g/mol. The van der Waals surface area contributed by atoms with Crippen molar-refractivity contribution in [2.45, 2.75) is 150 Å². The molecule has 0 fully saturated rings. The normalized spacial score (nSPS) is 17.7. The summed E-state index contributed by atoms with van der Waals surface area (Å²) in [4.78, 5) is 8.06. The van der Waals surface area contributed by atoms with Gasteiger partial charge in [0.25, 0.3) is 0 Å². The summed E-state index contributed by atoms with van der Waals surface area (Å²) in [7, 11) is 0. The number of benzene rings is 11. The molecule has 2 unspecified atom stereocenters. The molecule has 0 saturated heterocycles. The third kappa shape index (κ3) is 9.58. The highest BCUT2D eigenvalue weighted by atomic mass is 32.2. The first-order chi connectivity index (χ1) is 45.8. The average Bonchev–Trinajstić information content (AvgIpc) is 1.07. The molecule has 11 aromatic carbocycles. The quantitative estimate of drug-likeness (QED) is 0.162. The van der Waals surface area contributed by atoms with Crippen LogP contribution in [0.25, 0.3) is 39.0 Å². The Balaban J connectivity index is 1.05. The third-order valence-corrected chi connectivity index (χ3v) is 24.7. The Morgan fingerprint density at radius 1 is 0.354 bits per heavy atom. The topological polar surface area (TPSA) is 3.24 Å². The summed E-state index contributed by atoms with van der Waals surface area (Å²) in [6.07, 6.45) is 5.41. The molecule has 7 aliphatic rings. The van der Waals surface area contributed by atoms with Crippen LogP contribution in [-0.4, -0.2) is 13.4 Å². The molecule has 470 valence electrons. The second kappa shape index (κ2) is 21.5. The smallest absolute Gasteiger partial charge is 0.249 e. The second-order valence-electron chi connectivity index (χ2n) is 32.9. The van der Waals surface area contributed by atoms with Gasteiger partial charge in [-0.1, -0.05) is 336 Å². The monoisotopic (exact) mass is 1280 g/mol. The summed E-state index contributed by atoms with van der Waals surface area (Å²) in [5.41, 5.74) is 32.8. The first kappa shape index (κ1) is 61.1. The van der Waals surface area contributed by atoms with E-state index in [0.717, 1.165) is 0 Å². The van der Waals surface area contributed by atoms with Gasteiger partial charge < -0.3 is 4.90 Å². The van der Waals surface area contributed by atoms with E-state index in [1.165, 1.54) is 164 Å². The fourth-order valence-electron chi connectivity index (χ4n) is 16.9. The number of rotatable bonds is 4. The first-order valence-corrected chi connectivity index (χ1v) is 36.4. The van der Waals surface area contributed by atoms with E-state index in [9.17, 15) is 0 Å². The maximum Gasteiger partial charge on any atom is 0.249 e. The molecular formula is C91H83B2NS2. The van der Waals surface area contributed by atoms with Crippen LogP contribution in [0, 0.1) is 5.41 Å². The van der Waals surface area contributed by atoms with Crippen LogP contribution in [0.2, 0.25) is 0 Å². The summed E-state index contributed by atoms with van der Waals surface area (Å²) in [5.74, 6) is -0.170. The molecule has 18 rings (SSSR count). The van der Waals surface area contributed by atoms with Gasteiger partial charge in [0.2, 0.25) is 13.4 Å². The van der Waals surface area contributed by atoms with Crippen molar-refractivity contribution in [2.75, 3.05) is 4.90 Å². The van der Waals surface area contributed by atoms with Crippen molar-refractivity contribution in [2.24, 2.45) is 5.41 Å². The summed E-state index contributed by atoms with van der Waals surface area (Å²) in [6.45, 7) is 33.5. The minimum Gasteiger partial charge on any atom is -0.311 e. The average molecular weight is 1280 g/mol. The summed E-state index contributed by atoms with van der Waals surface area (Å²) in [6, 6.07) is 91.6. The lowest BCUT2D eigenvalue weighted by atomic mass is 9.29. The van der Waals surface area contributed by atoms with Crippen LogP contribution >= 0.6 is 23.5 Å². The Morgan fingerprint density at radius 3 is 1.46 bits per heavy atom. The highest BCUT2D eigenvalue weighted by Gasteiger charge is 2.55. The minimum atomic E-state index is -0.675. The lowest BCUT2D eigenvalue weighted by Gasteiger charge is -2.48. The summed E-state index contributed by atoms with van der Waals surface area (Å²) in [5, 5.41) is 0. The van der Waals surface area contributed by atoms with E-state index < -0.39 is 5.41 Å². The van der Waals surface area contributed by atoms with Crippen LogP contribution < -0.4 is 37.7 Å². The lowest BCUT2D eigenvalue weighted by Crippen LogP contribution is -2.65. The fraction of sp³-hybridized carbons (Fsp3) is 0.231. The van der Waals surface area contributed by atoms with Crippen molar-refractivity contribution in [3.05, 3.63) is 298 Å². The zero-order valence-electron chi connectivity index (χ0n) is 58.1. The molecule has 6 heterocycles. The predicted molar refractivity (Wildman–Crippen MR) is 414 cm³/mol. The van der Waals surface area contributed by atoms with Crippen LogP contribution in [0.4, 0.5) is 17.1 Å². The van der Waals surface area contributed by atoms with E-state index in [1.807, 2.05) is 23.5 Å². The molecule has 1 nitrogen and oxygen atoms in total. The molecule has 0 radical (unpaired) electrons. The Kier molecular flexibility index (Phi) is 13.7. The van der Waals surface area contributed by atoms with Crippen LogP contribution in [0.1, 0.15) is 153 Å². The van der Waals surface area contributed by atoms with Gasteiger partial charge in [0.05, 0.1) is 5.41 Å². The van der Waals surface area contributed by atoms with Crippen molar-refractivity contribution in [3.8, 4) is 33.4 Å². The van der Waals surface area contributed by atoms with Gasteiger partial charge in [0, 0.05) is 48.0 Å². The van der Waals surface area contributed by atoms with E-state index in [0.29, 0.717) is 0 Å². The molecule has 0 saturated carbocycles. The molecule has 11 aromatic rings. The number of hydrogen-bond donors (Lipinski definition) is 0. The van der Waals surface area contributed by atoms with Gasteiger partial charge in [0.1, 0.15) is 0 Å². The second-order valence-corrected chi connectivity index (χ2v) is 35.1. The van der Waals surface area contributed by atoms with Gasteiger partial charge in [-0.15, -0.1) is 0 Å². The number of anilines is 3. The molecule has 0 N–H and O–H groups in total.